The number of carboxylic acid groups (broad SMARTS) is 3. The van der Waals surface area contributed by atoms with E-state index in [0.717, 1.165) is 38.5 Å². The van der Waals surface area contributed by atoms with Gasteiger partial charge in [-0.2, -0.15) is 0 Å². The van der Waals surface area contributed by atoms with Crippen LogP contribution in [0.15, 0.2) is 0 Å². The fourth-order valence-corrected chi connectivity index (χ4v) is 7.93. The van der Waals surface area contributed by atoms with Crippen LogP contribution in [-0.2, 0) is 31.5 Å². The number of rotatable bonds is 48. The first kappa shape index (κ1) is 66.5. The Morgan fingerprint density at radius 1 is 0.262 bits per heavy atom. The molecule has 0 spiro atoms. The fraction of sp³-hybridized carbons (Fsp3) is 0.944. The van der Waals surface area contributed by atoms with Crippen molar-refractivity contribution in [2.45, 2.75) is 329 Å². The zero-order valence-electron chi connectivity index (χ0n) is 41.2. The molecule has 61 heavy (non-hydrogen) atoms. The zero-order valence-corrected chi connectivity index (χ0v) is 42.2. The van der Waals surface area contributed by atoms with Crippen molar-refractivity contribution in [1.29, 1.82) is 0 Å². The molecule has 1 N–H and O–H groups in total. The molecule has 369 valence electrons. The molecule has 0 saturated carbocycles. The maximum Gasteiger partial charge on any atom is 2.00 e. The van der Waals surface area contributed by atoms with E-state index in [1.54, 1.807) is 0 Å². The molecule has 0 unspecified atom stereocenters. The van der Waals surface area contributed by atoms with Gasteiger partial charge in [0.25, 0.3) is 0 Å². The van der Waals surface area contributed by atoms with Gasteiger partial charge in [0.2, 0.25) is 0 Å². The van der Waals surface area contributed by atoms with Gasteiger partial charge in [-0.1, -0.05) is 290 Å². The molecule has 0 rings (SSSR count). The van der Waals surface area contributed by atoms with Gasteiger partial charge >= 0.3 is 23.0 Å². The summed E-state index contributed by atoms with van der Waals surface area (Å²) >= 11 is 0. The first-order chi connectivity index (χ1) is 29.3. The molecule has 0 aromatic rings. The Morgan fingerprint density at radius 2 is 0.393 bits per heavy atom. The second kappa shape index (κ2) is 63.2. The van der Waals surface area contributed by atoms with Crippen molar-refractivity contribution >= 4 is 17.9 Å². The molecule has 0 aromatic heterocycles. The average Bonchev–Trinajstić information content (AvgIpc) is 3.22. The predicted octanol–water partition coefficient (Wildman–Crippen LogP) is 16.3. The summed E-state index contributed by atoms with van der Waals surface area (Å²) in [6.45, 7) is 6.80. The van der Waals surface area contributed by atoms with E-state index < -0.39 is 17.9 Å². The first-order valence-electron chi connectivity index (χ1n) is 26.9. The third kappa shape index (κ3) is 76.6. The van der Waals surface area contributed by atoms with Crippen LogP contribution in [0.2, 0.25) is 0 Å². The number of carboxylic acids is 3. The van der Waals surface area contributed by atoms with Gasteiger partial charge in [0, 0.05) is 18.4 Å². The smallest absolute Gasteiger partial charge is 0.550 e. The van der Waals surface area contributed by atoms with Crippen molar-refractivity contribution in [2.75, 3.05) is 0 Å². The molecule has 6 nitrogen and oxygen atoms in total. The second-order valence-electron chi connectivity index (χ2n) is 18.2. The third-order valence-electron chi connectivity index (χ3n) is 12.0. The Morgan fingerprint density at radius 3 is 0.525 bits per heavy atom. The topological polar surface area (TPSA) is 118 Å². The summed E-state index contributed by atoms with van der Waals surface area (Å²) in [5.74, 6) is -2.46. The summed E-state index contributed by atoms with van der Waals surface area (Å²) in [6, 6.07) is 0. The Hall–Kier alpha value is -1.07. The quantitative estimate of drug-likeness (QED) is 0.0480. The largest absolute Gasteiger partial charge is 2.00 e. The minimum Gasteiger partial charge on any atom is -0.550 e. The molecule has 0 atom stereocenters. The Labute approximate surface area is 392 Å². The van der Waals surface area contributed by atoms with E-state index in [0.29, 0.717) is 6.42 Å². The van der Waals surface area contributed by atoms with Crippen molar-refractivity contribution in [3.05, 3.63) is 0 Å². The first-order valence-corrected chi connectivity index (χ1v) is 26.9. The van der Waals surface area contributed by atoms with Gasteiger partial charge in [-0.3, -0.25) is 4.79 Å². The molecule has 0 heterocycles. The van der Waals surface area contributed by atoms with Gasteiger partial charge in [0.05, 0.1) is 0 Å². The van der Waals surface area contributed by atoms with Crippen LogP contribution in [-0.4, -0.2) is 23.0 Å². The van der Waals surface area contributed by atoms with E-state index >= 15 is 0 Å². The minimum absolute atomic E-state index is 0. The summed E-state index contributed by atoms with van der Waals surface area (Å²) < 4.78 is 0. The van der Waals surface area contributed by atoms with Crippen molar-refractivity contribution in [1.82, 2.24) is 0 Å². The fourth-order valence-electron chi connectivity index (χ4n) is 7.93. The summed E-state index contributed by atoms with van der Waals surface area (Å²) in [5, 5.41) is 29.0. The minimum atomic E-state index is -0.903. The Kier molecular flexibility index (Phi) is 69.0. The third-order valence-corrected chi connectivity index (χ3v) is 12.0. The number of carbonyl (C=O) groups excluding carboxylic acids is 2. The van der Waals surface area contributed by atoms with Crippen molar-refractivity contribution in [3.8, 4) is 0 Å². The molecule has 0 aliphatic carbocycles. The van der Waals surface area contributed by atoms with Crippen LogP contribution in [0.1, 0.15) is 329 Å². The molecule has 0 aromatic carbocycles. The maximum atomic E-state index is 10.3. The van der Waals surface area contributed by atoms with Crippen molar-refractivity contribution < 1.29 is 46.8 Å². The van der Waals surface area contributed by atoms with E-state index in [1.807, 2.05) is 0 Å². The summed E-state index contributed by atoms with van der Waals surface area (Å²) in [6.07, 6.45) is 59.9. The molecule has 1 radical (unpaired) electrons. The van der Waals surface area contributed by atoms with E-state index in [2.05, 4.69) is 20.8 Å². The Balaban J connectivity index is -0.000000396. The summed E-state index contributed by atoms with van der Waals surface area (Å²) in [4.78, 5) is 30.8. The van der Waals surface area contributed by atoms with Crippen LogP contribution in [0.5, 0.6) is 0 Å². The molecule has 0 aliphatic heterocycles. The van der Waals surface area contributed by atoms with Gasteiger partial charge in [0.15, 0.2) is 0 Å². The van der Waals surface area contributed by atoms with Gasteiger partial charge < -0.3 is 24.9 Å². The summed E-state index contributed by atoms with van der Waals surface area (Å²) in [7, 11) is 0. The predicted molar refractivity (Wildman–Crippen MR) is 256 cm³/mol. The molecule has 0 saturated heterocycles. The number of hydrogen-bond donors (Lipinski definition) is 1. The molecular weight excluding hydrogens is 808 g/mol. The van der Waals surface area contributed by atoms with Crippen LogP contribution in [0, 0.1) is 0 Å². The number of unbranched alkanes of at least 4 members (excludes halogenated alkanes) is 42. The Bertz CT molecular complexity index is 717. The van der Waals surface area contributed by atoms with Crippen molar-refractivity contribution in [3.63, 3.8) is 0 Å². The summed E-state index contributed by atoms with van der Waals surface area (Å²) in [5.41, 5.74) is 0. The normalized spacial score (nSPS) is 10.7. The number of aliphatic carboxylic acids is 3. The molecule has 7 heteroatoms. The maximum absolute atomic E-state index is 10.3. The van der Waals surface area contributed by atoms with E-state index in [1.165, 1.54) is 250 Å². The molecule has 0 aliphatic rings. The zero-order chi connectivity index (χ0) is 44.7. The monoisotopic (exact) mass is 914 g/mol. The van der Waals surface area contributed by atoms with Gasteiger partial charge in [-0.05, 0) is 32.1 Å². The van der Waals surface area contributed by atoms with Crippen LogP contribution < -0.4 is 10.2 Å². The van der Waals surface area contributed by atoms with Crippen molar-refractivity contribution in [2.24, 2.45) is 0 Å². The van der Waals surface area contributed by atoms with Gasteiger partial charge in [-0.25, -0.2) is 0 Å². The van der Waals surface area contributed by atoms with Gasteiger partial charge in [-0.15, -0.1) is 0 Å². The molecule has 0 amide bonds. The van der Waals surface area contributed by atoms with E-state index in [-0.39, 0.29) is 29.9 Å². The average molecular weight is 915 g/mol. The van der Waals surface area contributed by atoms with Crippen LogP contribution >= 0.6 is 0 Å². The standard InChI is InChI=1S/3C18H36O2.Cu/c3*1-2-3-4-5-6-7-8-9-10-11-12-13-14-15-16-17-18(19)20;/h3*2-17H2,1H3,(H,19,20);/q;;;+2/p-2. The van der Waals surface area contributed by atoms with E-state index in [4.69, 9.17) is 5.11 Å². The van der Waals surface area contributed by atoms with Gasteiger partial charge in [0.1, 0.15) is 0 Å². The number of hydrogen-bond acceptors (Lipinski definition) is 5. The van der Waals surface area contributed by atoms with E-state index in [9.17, 15) is 24.6 Å². The van der Waals surface area contributed by atoms with Crippen LogP contribution in [0.3, 0.4) is 0 Å². The van der Waals surface area contributed by atoms with Crippen LogP contribution in [0.4, 0.5) is 0 Å². The number of carbonyl (C=O) groups is 3. The van der Waals surface area contributed by atoms with Crippen LogP contribution in [0.25, 0.3) is 0 Å². The molecule has 0 bridgehead atoms. The SMILES string of the molecule is CCCCCCCCCCCCCCCCCC(=O)O.CCCCCCCCCCCCCCCCCC(=O)[O-].CCCCCCCCCCCCCCCCCC(=O)[O-].[Cu+2]. The molecule has 0 fully saturated rings. The second-order valence-corrected chi connectivity index (χ2v) is 18.2. The molecular formula is C54H106CuO6.